The molecule has 2 aromatic rings. The first kappa shape index (κ1) is 19.7. The number of allylic oxidation sites excluding steroid dienone is 4. The highest BCUT2D eigenvalue weighted by Gasteiger charge is 2.16. The predicted octanol–water partition coefficient (Wildman–Crippen LogP) is 6.51. The van der Waals surface area contributed by atoms with Crippen LogP contribution in [0.25, 0.3) is 16.5 Å². The SMILES string of the molecule is C=C/C=C(\C/C=C\CC)CC(C)N1CC=C(c2ccc3cnccc3c2)N=N1. The molecule has 1 unspecified atom stereocenters. The summed E-state index contributed by atoms with van der Waals surface area (Å²) in [7, 11) is 0. The minimum absolute atomic E-state index is 0.283. The van der Waals surface area contributed by atoms with Gasteiger partial charge in [0, 0.05) is 23.3 Å². The molecule has 0 saturated carbocycles. The van der Waals surface area contributed by atoms with Gasteiger partial charge in [-0.05, 0) is 49.8 Å². The van der Waals surface area contributed by atoms with E-state index in [-0.39, 0.29) is 6.04 Å². The number of nitrogens with zero attached hydrogens (tertiary/aromatic N) is 4. The minimum Gasteiger partial charge on any atom is -0.271 e. The number of fused-ring (bicyclic) bond motifs is 1. The summed E-state index contributed by atoms with van der Waals surface area (Å²) in [4.78, 5) is 4.17. The summed E-state index contributed by atoms with van der Waals surface area (Å²) in [6, 6.07) is 8.61. The van der Waals surface area contributed by atoms with Crippen molar-refractivity contribution in [3.63, 3.8) is 0 Å². The van der Waals surface area contributed by atoms with Crippen LogP contribution in [0.2, 0.25) is 0 Å². The summed E-state index contributed by atoms with van der Waals surface area (Å²) >= 11 is 0. The fraction of sp³-hybridized carbons (Fsp3) is 0.292. The fourth-order valence-corrected chi connectivity index (χ4v) is 3.32. The van der Waals surface area contributed by atoms with Crippen molar-refractivity contribution >= 4 is 16.5 Å². The van der Waals surface area contributed by atoms with Gasteiger partial charge in [0.1, 0.15) is 0 Å². The van der Waals surface area contributed by atoms with Gasteiger partial charge in [-0.1, -0.05) is 60.7 Å². The highest BCUT2D eigenvalue weighted by atomic mass is 15.6. The van der Waals surface area contributed by atoms with Crippen molar-refractivity contribution in [2.45, 2.75) is 39.2 Å². The number of pyridine rings is 1. The van der Waals surface area contributed by atoms with Crippen LogP contribution in [0.1, 0.15) is 38.7 Å². The van der Waals surface area contributed by atoms with E-state index in [9.17, 15) is 0 Å². The van der Waals surface area contributed by atoms with E-state index in [4.69, 9.17) is 0 Å². The zero-order chi connectivity index (χ0) is 19.8. The topological polar surface area (TPSA) is 40.9 Å². The normalized spacial score (nSPS) is 15.9. The summed E-state index contributed by atoms with van der Waals surface area (Å²) < 4.78 is 0. The molecule has 4 heteroatoms. The van der Waals surface area contributed by atoms with Crippen LogP contribution in [-0.4, -0.2) is 22.6 Å². The molecule has 0 aliphatic carbocycles. The van der Waals surface area contributed by atoms with Gasteiger partial charge in [-0.15, -0.1) is 5.11 Å². The second-order valence-corrected chi connectivity index (χ2v) is 7.04. The summed E-state index contributed by atoms with van der Waals surface area (Å²) in [5.74, 6) is 0. The van der Waals surface area contributed by atoms with Crippen LogP contribution in [0, 0.1) is 0 Å². The number of hydrogen-bond acceptors (Lipinski definition) is 4. The molecule has 0 amide bonds. The third kappa shape index (κ3) is 5.03. The Morgan fingerprint density at radius 1 is 1.25 bits per heavy atom. The molecule has 1 aliphatic heterocycles. The molecule has 3 rings (SSSR count). The molecule has 0 radical (unpaired) electrons. The van der Waals surface area contributed by atoms with E-state index in [1.54, 1.807) is 0 Å². The van der Waals surface area contributed by atoms with Gasteiger partial charge in [-0.2, -0.15) is 0 Å². The lowest BCUT2D eigenvalue weighted by Gasteiger charge is -2.27. The lowest BCUT2D eigenvalue weighted by Crippen LogP contribution is -2.29. The molecule has 2 heterocycles. The van der Waals surface area contributed by atoms with Gasteiger partial charge >= 0.3 is 0 Å². The molecule has 0 fully saturated rings. The molecule has 144 valence electrons. The second-order valence-electron chi connectivity index (χ2n) is 7.04. The molecule has 1 aromatic carbocycles. The fourth-order valence-electron chi connectivity index (χ4n) is 3.32. The van der Waals surface area contributed by atoms with Crippen molar-refractivity contribution in [3.8, 4) is 0 Å². The van der Waals surface area contributed by atoms with Crippen LogP contribution in [0.3, 0.4) is 0 Å². The van der Waals surface area contributed by atoms with Crippen molar-refractivity contribution in [2.24, 2.45) is 10.3 Å². The van der Waals surface area contributed by atoms with Gasteiger partial charge in [0.25, 0.3) is 0 Å². The summed E-state index contributed by atoms with van der Waals surface area (Å²) in [6.45, 7) is 8.96. The zero-order valence-electron chi connectivity index (χ0n) is 16.8. The van der Waals surface area contributed by atoms with Crippen LogP contribution >= 0.6 is 0 Å². The van der Waals surface area contributed by atoms with Crippen molar-refractivity contribution < 1.29 is 0 Å². The lowest BCUT2D eigenvalue weighted by molar-refractivity contribution is 0.220. The molecule has 1 aromatic heterocycles. The first-order valence-corrected chi connectivity index (χ1v) is 9.89. The van der Waals surface area contributed by atoms with Crippen LogP contribution in [-0.2, 0) is 0 Å². The summed E-state index contributed by atoms with van der Waals surface area (Å²) in [5, 5.41) is 13.3. The maximum atomic E-state index is 4.48. The average molecular weight is 373 g/mol. The van der Waals surface area contributed by atoms with Crippen LogP contribution in [0.5, 0.6) is 0 Å². The highest BCUT2D eigenvalue weighted by molar-refractivity contribution is 5.85. The van der Waals surface area contributed by atoms with E-state index in [0.29, 0.717) is 0 Å². The Labute approximate surface area is 167 Å². The molecule has 1 aliphatic rings. The summed E-state index contributed by atoms with van der Waals surface area (Å²) in [6.07, 6.45) is 17.2. The Kier molecular flexibility index (Phi) is 6.90. The third-order valence-electron chi connectivity index (χ3n) is 4.88. The van der Waals surface area contributed by atoms with Crippen molar-refractivity contribution in [1.82, 2.24) is 9.99 Å². The minimum atomic E-state index is 0.283. The molecule has 0 N–H and O–H groups in total. The van der Waals surface area contributed by atoms with Crippen LogP contribution < -0.4 is 0 Å². The largest absolute Gasteiger partial charge is 0.271 e. The first-order chi connectivity index (χ1) is 13.7. The zero-order valence-corrected chi connectivity index (χ0v) is 16.8. The van der Waals surface area contributed by atoms with E-state index in [1.807, 2.05) is 24.5 Å². The van der Waals surface area contributed by atoms with Gasteiger partial charge in [0.15, 0.2) is 0 Å². The molecular formula is C24H28N4. The van der Waals surface area contributed by atoms with Gasteiger partial charge in [-0.3, -0.25) is 9.99 Å². The second kappa shape index (κ2) is 9.79. The predicted molar refractivity (Wildman–Crippen MR) is 118 cm³/mol. The first-order valence-electron chi connectivity index (χ1n) is 9.89. The highest BCUT2D eigenvalue weighted by Crippen LogP contribution is 2.26. The third-order valence-corrected chi connectivity index (χ3v) is 4.88. The smallest absolute Gasteiger partial charge is 0.0925 e. The Morgan fingerprint density at radius 3 is 2.89 bits per heavy atom. The molecule has 0 bridgehead atoms. The van der Waals surface area contributed by atoms with E-state index >= 15 is 0 Å². The lowest BCUT2D eigenvalue weighted by atomic mass is 10.0. The Morgan fingerprint density at radius 2 is 2.14 bits per heavy atom. The number of rotatable bonds is 8. The van der Waals surface area contributed by atoms with E-state index < -0.39 is 0 Å². The number of benzene rings is 1. The maximum Gasteiger partial charge on any atom is 0.0925 e. The molecular weight excluding hydrogens is 344 g/mol. The average Bonchev–Trinajstić information content (AvgIpc) is 2.74. The van der Waals surface area contributed by atoms with Gasteiger partial charge in [0.05, 0.1) is 18.3 Å². The Hall–Kier alpha value is -3.01. The maximum absolute atomic E-state index is 4.48. The standard InChI is InChI=1S/C24H28N4/c1-4-6-7-9-20(8-5-2)16-19(3)28-15-13-24(26-27-28)22-10-11-23-18-25-14-12-21(23)17-22/h5-8,10-14,17-19H,2,4,9,15-16H2,1,3H3/b7-6-,20-8+. The van der Waals surface area contributed by atoms with Gasteiger partial charge < -0.3 is 0 Å². The van der Waals surface area contributed by atoms with Crippen molar-refractivity contribution in [2.75, 3.05) is 6.54 Å². The molecule has 28 heavy (non-hydrogen) atoms. The Bertz CT molecular complexity index is 937. The van der Waals surface area contributed by atoms with E-state index in [0.717, 1.165) is 42.5 Å². The van der Waals surface area contributed by atoms with Gasteiger partial charge in [-0.25, -0.2) is 0 Å². The van der Waals surface area contributed by atoms with Crippen molar-refractivity contribution in [3.05, 3.63) is 84.8 Å². The van der Waals surface area contributed by atoms with E-state index in [2.05, 4.69) is 83.3 Å². The van der Waals surface area contributed by atoms with Crippen LogP contribution in [0.15, 0.2) is 89.5 Å². The number of hydrogen-bond donors (Lipinski definition) is 0. The van der Waals surface area contributed by atoms with Crippen molar-refractivity contribution in [1.29, 1.82) is 0 Å². The van der Waals surface area contributed by atoms with Crippen LogP contribution in [0.4, 0.5) is 0 Å². The van der Waals surface area contributed by atoms with Gasteiger partial charge in [0.2, 0.25) is 0 Å². The molecule has 0 saturated heterocycles. The monoisotopic (exact) mass is 372 g/mol. The quantitative estimate of drug-likeness (QED) is 0.392. The summed E-state index contributed by atoms with van der Waals surface area (Å²) in [5.41, 5.74) is 3.38. The molecule has 4 nitrogen and oxygen atoms in total. The number of aromatic nitrogens is 1. The Balaban J connectivity index is 1.65. The van der Waals surface area contributed by atoms with E-state index in [1.165, 1.54) is 11.0 Å². The molecule has 1 atom stereocenters. The molecule has 0 spiro atoms.